The minimum Gasteiger partial charge on any atom is -0.481 e. The second kappa shape index (κ2) is 5.59. The minimum absolute atomic E-state index is 0.650. The van der Waals surface area contributed by atoms with E-state index in [2.05, 4.69) is 31.1 Å². The van der Waals surface area contributed by atoms with Crippen LogP contribution in [0.5, 0.6) is 5.88 Å². The molecule has 0 saturated carbocycles. The first-order valence-corrected chi connectivity index (χ1v) is 5.37. The molecule has 3 heteroatoms. The second-order valence-corrected chi connectivity index (χ2v) is 4.19. The molecule has 1 aromatic heterocycles. The number of anilines is 1. The van der Waals surface area contributed by atoms with Crippen LogP contribution in [0, 0.1) is 11.8 Å². The zero-order valence-corrected chi connectivity index (χ0v) is 9.95. The van der Waals surface area contributed by atoms with Crippen LogP contribution < -0.4 is 10.1 Å². The minimum atomic E-state index is 0.650. The highest BCUT2D eigenvalue weighted by Gasteiger charge is 2.06. The van der Waals surface area contributed by atoms with Crippen molar-refractivity contribution in [1.29, 1.82) is 0 Å². The molecule has 15 heavy (non-hydrogen) atoms. The maximum absolute atomic E-state index is 5.06. The summed E-state index contributed by atoms with van der Waals surface area (Å²) in [5.74, 6) is 2.00. The molecule has 1 unspecified atom stereocenters. The predicted molar refractivity (Wildman–Crippen MR) is 63.3 cm³/mol. The molecule has 0 amide bonds. The van der Waals surface area contributed by atoms with Gasteiger partial charge < -0.3 is 10.1 Å². The lowest BCUT2D eigenvalue weighted by atomic mass is 9.98. The number of methoxy groups -OCH3 is 1. The van der Waals surface area contributed by atoms with Crippen LogP contribution in [0.25, 0.3) is 0 Å². The summed E-state index contributed by atoms with van der Waals surface area (Å²) >= 11 is 0. The third-order valence-corrected chi connectivity index (χ3v) is 2.71. The van der Waals surface area contributed by atoms with Gasteiger partial charge in [-0.15, -0.1) is 0 Å². The summed E-state index contributed by atoms with van der Waals surface area (Å²) in [5, 5.41) is 3.38. The van der Waals surface area contributed by atoms with Crippen molar-refractivity contribution in [3.8, 4) is 5.88 Å². The molecule has 1 N–H and O–H groups in total. The van der Waals surface area contributed by atoms with E-state index in [4.69, 9.17) is 4.74 Å². The standard InChI is InChI=1S/C12H20N2O/c1-9(2)10(3)8-14-11-5-6-13-12(7-11)15-4/h5-7,9-10H,8H2,1-4H3,(H,13,14). The van der Waals surface area contributed by atoms with Crippen molar-refractivity contribution in [2.45, 2.75) is 20.8 Å². The van der Waals surface area contributed by atoms with Gasteiger partial charge in [0, 0.05) is 24.5 Å². The van der Waals surface area contributed by atoms with Crippen LogP contribution in [0.1, 0.15) is 20.8 Å². The Kier molecular flexibility index (Phi) is 4.40. The largest absolute Gasteiger partial charge is 0.481 e. The number of hydrogen-bond acceptors (Lipinski definition) is 3. The monoisotopic (exact) mass is 208 g/mol. The average Bonchev–Trinajstić information content (AvgIpc) is 2.26. The summed E-state index contributed by atoms with van der Waals surface area (Å²) in [5.41, 5.74) is 1.06. The van der Waals surface area contributed by atoms with Crippen LogP contribution in [0.2, 0.25) is 0 Å². The maximum atomic E-state index is 5.06. The van der Waals surface area contributed by atoms with E-state index in [0.717, 1.165) is 12.2 Å². The van der Waals surface area contributed by atoms with Gasteiger partial charge in [-0.3, -0.25) is 0 Å². The predicted octanol–water partition coefficient (Wildman–Crippen LogP) is 2.79. The van der Waals surface area contributed by atoms with Gasteiger partial charge >= 0.3 is 0 Å². The third kappa shape index (κ3) is 3.78. The topological polar surface area (TPSA) is 34.1 Å². The average molecular weight is 208 g/mol. The van der Waals surface area contributed by atoms with Gasteiger partial charge in [0.1, 0.15) is 0 Å². The van der Waals surface area contributed by atoms with E-state index in [9.17, 15) is 0 Å². The van der Waals surface area contributed by atoms with E-state index >= 15 is 0 Å². The van der Waals surface area contributed by atoms with Crippen molar-refractivity contribution in [3.63, 3.8) is 0 Å². The van der Waals surface area contributed by atoms with Crippen molar-refractivity contribution in [3.05, 3.63) is 18.3 Å². The molecule has 1 rings (SSSR count). The molecule has 84 valence electrons. The zero-order chi connectivity index (χ0) is 11.3. The lowest BCUT2D eigenvalue weighted by Gasteiger charge is -2.16. The van der Waals surface area contributed by atoms with Gasteiger partial charge in [-0.05, 0) is 17.9 Å². The molecule has 0 aromatic carbocycles. The molecule has 0 bridgehead atoms. The van der Waals surface area contributed by atoms with Crippen molar-refractivity contribution < 1.29 is 4.74 Å². The maximum Gasteiger partial charge on any atom is 0.214 e. The summed E-state index contributed by atoms with van der Waals surface area (Å²) in [4.78, 5) is 4.06. The summed E-state index contributed by atoms with van der Waals surface area (Å²) in [6, 6.07) is 3.86. The van der Waals surface area contributed by atoms with E-state index in [1.165, 1.54) is 0 Å². The fourth-order valence-corrected chi connectivity index (χ4v) is 1.15. The van der Waals surface area contributed by atoms with Crippen molar-refractivity contribution in [2.24, 2.45) is 11.8 Å². The molecule has 0 spiro atoms. The third-order valence-electron chi connectivity index (χ3n) is 2.71. The quantitative estimate of drug-likeness (QED) is 0.808. The molecular weight excluding hydrogens is 188 g/mol. The van der Waals surface area contributed by atoms with E-state index in [1.54, 1.807) is 13.3 Å². The molecule has 3 nitrogen and oxygen atoms in total. The molecular formula is C12H20N2O. The van der Waals surface area contributed by atoms with Crippen LogP contribution >= 0.6 is 0 Å². The highest BCUT2D eigenvalue weighted by molar-refractivity contribution is 5.44. The SMILES string of the molecule is COc1cc(NCC(C)C(C)C)ccn1. The molecule has 0 aliphatic carbocycles. The molecule has 0 aliphatic rings. The Bertz CT molecular complexity index is 299. The first-order valence-electron chi connectivity index (χ1n) is 5.37. The van der Waals surface area contributed by atoms with Crippen LogP contribution in [-0.2, 0) is 0 Å². The smallest absolute Gasteiger partial charge is 0.214 e. The fraction of sp³-hybridized carbons (Fsp3) is 0.583. The first kappa shape index (κ1) is 11.8. The normalized spacial score (nSPS) is 12.6. The molecule has 1 heterocycles. The summed E-state index contributed by atoms with van der Waals surface area (Å²) in [6.07, 6.45) is 1.75. The number of rotatable bonds is 5. The summed E-state index contributed by atoms with van der Waals surface area (Å²) < 4.78 is 5.06. The summed E-state index contributed by atoms with van der Waals surface area (Å²) in [7, 11) is 1.63. The number of hydrogen-bond donors (Lipinski definition) is 1. The van der Waals surface area contributed by atoms with Crippen molar-refractivity contribution in [1.82, 2.24) is 4.98 Å². The Morgan fingerprint density at radius 1 is 1.40 bits per heavy atom. The lowest BCUT2D eigenvalue weighted by molar-refractivity contribution is 0.398. The van der Waals surface area contributed by atoms with E-state index in [0.29, 0.717) is 17.7 Å². The van der Waals surface area contributed by atoms with E-state index in [1.807, 2.05) is 12.1 Å². The molecule has 0 fully saturated rings. The molecule has 1 atom stereocenters. The molecule has 1 aromatic rings. The molecule has 0 radical (unpaired) electrons. The van der Waals surface area contributed by atoms with Crippen molar-refractivity contribution >= 4 is 5.69 Å². The van der Waals surface area contributed by atoms with Gasteiger partial charge in [0.25, 0.3) is 0 Å². The lowest BCUT2D eigenvalue weighted by Crippen LogP contribution is -2.16. The van der Waals surface area contributed by atoms with E-state index in [-0.39, 0.29) is 0 Å². The zero-order valence-electron chi connectivity index (χ0n) is 9.95. The number of pyridine rings is 1. The van der Waals surface area contributed by atoms with Crippen molar-refractivity contribution in [2.75, 3.05) is 19.0 Å². The van der Waals surface area contributed by atoms with Gasteiger partial charge in [0.15, 0.2) is 0 Å². The second-order valence-electron chi connectivity index (χ2n) is 4.19. The summed E-state index contributed by atoms with van der Waals surface area (Å²) in [6.45, 7) is 7.69. The highest BCUT2D eigenvalue weighted by Crippen LogP contribution is 2.15. The van der Waals surface area contributed by atoms with Gasteiger partial charge in [0.2, 0.25) is 5.88 Å². The Hall–Kier alpha value is -1.25. The van der Waals surface area contributed by atoms with Crippen LogP contribution in [0.3, 0.4) is 0 Å². The molecule has 0 saturated heterocycles. The number of ether oxygens (including phenoxy) is 1. The number of nitrogens with one attached hydrogen (secondary N) is 1. The number of aromatic nitrogens is 1. The van der Waals surface area contributed by atoms with Crippen LogP contribution in [-0.4, -0.2) is 18.6 Å². The van der Waals surface area contributed by atoms with Gasteiger partial charge in [0.05, 0.1) is 7.11 Å². The van der Waals surface area contributed by atoms with Gasteiger partial charge in [-0.25, -0.2) is 4.98 Å². The highest BCUT2D eigenvalue weighted by atomic mass is 16.5. The Balaban J connectivity index is 2.50. The van der Waals surface area contributed by atoms with Crippen LogP contribution in [0.4, 0.5) is 5.69 Å². The van der Waals surface area contributed by atoms with E-state index < -0.39 is 0 Å². The first-order chi connectivity index (χ1) is 7.13. The Morgan fingerprint density at radius 3 is 2.73 bits per heavy atom. The molecule has 0 aliphatic heterocycles. The van der Waals surface area contributed by atoms with Crippen LogP contribution in [0.15, 0.2) is 18.3 Å². The Morgan fingerprint density at radius 2 is 2.13 bits per heavy atom. The number of nitrogens with zero attached hydrogens (tertiary/aromatic N) is 1. The van der Waals surface area contributed by atoms with Gasteiger partial charge in [-0.1, -0.05) is 20.8 Å². The van der Waals surface area contributed by atoms with Gasteiger partial charge in [-0.2, -0.15) is 0 Å². The fourth-order valence-electron chi connectivity index (χ4n) is 1.15. The Labute approximate surface area is 91.9 Å².